The highest BCUT2D eigenvalue weighted by Crippen LogP contribution is 2.35. The van der Waals surface area contributed by atoms with Crippen molar-refractivity contribution < 1.29 is 58.1 Å². The molecule has 3 aromatic carbocycles. The lowest BCUT2D eigenvalue weighted by molar-refractivity contribution is -0.192. The Morgan fingerprint density at radius 2 is 1.22 bits per heavy atom. The van der Waals surface area contributed by atoms with Crippen LogP contribution in [0.15, 0.2) is 91.0 Å². The maximum atomic E-state index is 13.5. The first-order valence-corrected chi connectivity index (χ1v) is 14.6. The third-order valence-corrected chi connectivity index (χ3v) is 7.24. The molecule has 0 bridgehead atoms. The summed E-state index contributed by atoms with van der Waals surface area (Å²) in [5.74, 6) is 1.49. The molecule has 3 rings (SSSR count). The van der Waals surface area contributed by atoms with Gasteiger partial charge >= 0.3 is 37.4 Å². The SMILES string of the molecule is [2H]CC(=O)OC([C@@H](O)[C@@H](OC(=O)C[2H])[C@H](OC(=O)C[2H])[C@@H](OC(=O)C[2H])C(c1ccccc1)N(N)c1ccccc1)=[P+]([O-])Oc1ccccc1. The van der Waals surface area contributed by atoms with E-state index in [0.717, 1.165) is 5.01 Å². The van der Waals surface area contributed by atoms with Gasteiger partial charge in [0.1, 0.15) is 6.04 Å². The van der Waals surface area contributed by atoms with Crippen molar-refractivity contribution in [1.82, 2.24) is 0 Å². The molecule has 0 spiro atoms. The molecule has 0 saturated carbocycles. The van der Waals surface area contributed by atoms with Gasteiger partial charge in [0, 0.05) is 33.1 Å². The van der Waals surface area contributed by atoms with Crippen LogP contribution in [0.25, 0.3) is 0 Å². The van der Waals surface area contributed by atoms with Crippen LogP contribution >= 0.6 is 8.00 Å². The van der Waals surface area contributed by atoms with E-state index >= 15 is 0 Å². The fourth-order valence-corrected chi connectivity index (χ4v) is 5.35. The summed E-state index contributed by atoms with van der Waals surface area (Å²) in [6.45, 7) is -4.05. The van der Waals surface area contributed by atoms with E-state index in [1.807, 2.05) is 0 Å². The third kappa shape index (κ3) is 10.1. The molecule has 0 aliphatic carbocycles. The maximum absolute atomic E-state index is 13.5. The average molecular weight is 659 g/mol. The molecular formula is C32H35N2O11P. The molecule has 0 heterocycles. The normalized spacial score (nSPS) is 15.8. The monoisotopic (exact) mass is 658 g/mol. The van der Waals surface area contributed by atoms with E-state index in [1.54, 1.807) is 66.7 Å². The van der Waals surface area contributed by atoms with E-state index in [9.17, 15) is 29.2 Å². The number of carbonyl (C=O) groups excluding carboxylic acids is 4. The summed E-state index contributed by atoms with van der Waals surface area (Å²) in [6, 6.07) is 22.3. The number of hydrogen-bond acceptors (Lipinski definition) is 13. The molecule has 13 nitrogen and oxygen atoms in total. The van der Waals surface area contributed by atoms with Gasteiger partial charge in [-0.3, -0.25) is 28.7 Å². The van der Waals surface area contributed by atoms with E-state index in [-0.39, 0.29) is 5.75 Å². The molecule has 14 heteroatoms. The molecule has 2 unspecified atom stereocenters. The lowest BCUT2D eigenvalue weighted by Crippen LogP contribution is -2.57. The second-order valence-corrected chi connectivity index (χ2v) is 10.5. The summed E-state index contributed by atoms with van der Waals surface area (Å²) in [6.07, 6.45) is -8.85. The van der Waals surface area contributed by atoms with E-state index in [1.165, 1.54) is 24.3 Å². The Balaban J connectivity index is 2.33. The van der Waals surface area contributed by atoms with Crippen molar-refractivity contribution in [2.45, 2.75) is 58.1 Å². The van der Waals surface area contributed by atoms with Gasteiger partial charge in [-0.1, -0.05) is 66.7 Å². The molecule has 0 fully saturated rings. The van der Waals surface area contributed by atoms with Crippen LogP contribution in [-0.2, 0) is 38.1 Å². The van der Waals surface area contributed by atoms with Crippen molar-refractivity contribution in [3.05, 3.63) is 96.6 Å². The van der Waals surface area contributed by atoms with Gasteiger partial charge in [0.05, 0.1) is 5.69 Å². The van der Waals surface area contributed by atoms with Gasteiger partial charge in [-0.15, -0.1) is 0 Å². The van der Waals surface area contributed by atoms with Crippen LogP contribution in [0.4, 0.5) is 5.69 Å². The zero-order chi connectivity index (χ0) is 36.6. The molecule has 0 aromatic heterocycles. The van der Waals surface area contributed by atoms with Crippen LogP contribution in [0.3, 0.4) is 0 Å². The first-order chi connectivity index (χ1) is 24.0. The number of hydrogen-bond donors (Lipinski definition) is 2. The number of nitrogens with two attached hydrogens (primary N) is 1. The first-order valence-electron chi connectivity index (χ1n) is 16.2. The molecule has 3 aromatic rings. The summed E-state index contributed by atoms with van der Waals surface area (Å²) < 4.78 is 57.3. The van der Waals surface area contributed by atoms with E-state index in [4.69, 9.17) is 34.8 Å². The Kier molecular flexibility index (Phi) is 11.1. The van der Waals surface area contributed by atoms with Crippen molar-refractivity contribution in [2.75, 3.05) is 5.01 Å². The molecule has 0 saturated heterocycles. The Labute approximate surface area is 272 Å². The van der Waals surface area contributed by atoms with Crippen LogP contribution in [-0.4, -0.2) is 58.9 Å². The van der Waals surface area contributed by atoms with Crippen LogP contribution in [0.1, 0.15) is 44.7 Å². The highest BCUT2D eigenvalue weighted by Gasteiger charge is 2.50. The predicted molar refractivity (Wildman–Crippen MR) is 166 cm³/mol. The topological polar surface area (TPSA) is 187 Å². The van der Waals surface area contributed by atoms with Crippen LogP contribution in [0.2, 0.25) is 0 Å². The zero-order valence-electron chi connectivity index (χ0n) is 28.4. The number of carbonyl (C=O) groups is 4. The van der Waals surface area contributed by atoms with Gasteiger partial charge in [-0.2, -0.15) is 0 Å². The molecule has 3 N–H and O–H groups in total. The van der Waals surface area contributed by atoms with Gasteiger partial charge in [0.15, 0.2) is 30.2 Å². The van der Waals surface area contributed by atoms with Crippen molar-refractivity contribution in [1.29, 1.82) is 0 Å². The molecule has 0 aliphatic rings. The number of aliphatic hydroxyl groups excluding tert-OH is 1. The maximum Gasteiger partial charge on any atom is 0.350 e. The van der Waals surface area contributed by atoms with Crippen molar-refractivity contribution in [3.63, 3.8) is 0 Å². The minimum absolute atomic E-state index is 0.00912. The Hall–Kier alpha value is -4.81. The van der Waals surface area contributed by atoms with Gasteiger partial charge < -0.3 is 28.9 Å². The Morgan fingerprint density at radius 3 is 1.76 bits per heavy atom. The van der Waals surface area contributed by atoms with Crippen LogP contribution in [0.5, 0.6) is 5.75 Å². The number of ether oxygens (including phenoxy) is 4. The first kappa shape index (κ1) is 29.9. The predicted octanol–water partition coefficient (Wildman–Crippen LogP) is 2.71. The highest BCUT2D eigenvalue weighted by molar-refractivity contribution is 7.47. The molecule has 0 aliphatic heterocycles. The van der Waals surface area contributed by atoms with E-state index in [0.29, 0.717) is 11.3 Å². The smallest absolute Gasteiger partial charge is 0.350 e. The fourth-order valence-electron chi connectivity index (χ4n) is 4.40. The molecule has 0 radical (unpaired) electrons. The number of esters is 4. The summed E-state index contributed by atoms with van der Waals surface area (Å²) >= 11 is 0. The summed E-state index contributed by atoms with van der Waals surface area (Å²) in [5, 5.41) is 12.9. The van der Waals surface area contributed by atoms with Gasteiger partial charge in [-0.25, -0.2) is 5.84 Å². The molecule has 0 amide bonds. The van der Waals surface area contributed by atoms with Gasteiger partial charge in [0.25, 0.3) is 0 Å². The number of para-hydroxylation sites is 2. The van der Waals surface area contributed by atoms with E-state index in [2.05, 4.69) is 0 Å². The lowest BCUT2D eigenvalue weighted by Gasteiger charge is -2.40. The number of rotatable bonds is 14. The number of aliphatic hydroxyl groups is 1. The van der Waals surface area contributed by atoms with Crippen molar-refractivity contribution in [3.8, 4) is 5.75 Å². The molecule has 46 heavy (non-hydrogen) atoms. The van der Waals surface area contributed by atoms with Crippen LogP contribution < -0.4 is 20.3 Å². The zero-order valence-corrected chi connectivity index (χ0v) is 25.3. The van der Waals surface area contributed by atoms with Crippen molar-refractivity contribution in [2.24, 2.45) is 5.84 Å². The second-order valence-electron chi connectivity index (χ2n) is 9.38. The minimum Gasteiger partial charge on any atom is -0.592 e. The number of benzene rings is 3. The van der Waals surface area contributed by atoms with Gasteiger partial charge in [0.2, 0.25) is 0 Å². The van der Waals surface area contributed by atoms with Crippen LogP contribution in [0, 0.1) is 0 Å². The summed E-state index contributed by atoms with van der Waals surface area (Å²) in [4.78, 5) is 64.3. The largest absolute Gasteiger partial charge is 0.592 e. The molecule has 244 valence electrons. The van der Waals surface area contributed by atoms with Crippen molar-refractivity contribution >= 4 is 43.0 Å². The fraction of sp³-hybridized carbons (Fsp3) is 0.281. The summed E-state index contributed by atoms with van der Waals surface area (Å²) in [5.41, 5.74) is -0.433. The van der Waals surface area contributed by atoms with E-state index < -0.39 is 95.4 Å². The number of anilines is 1. The summed E-state index contributed by atoms with van der Waals surface area (Å²) in [7, 11) is -3.35. The Morgan fingerprint density at radius 1 is 0.739 bits per heavy atom. The quantitative estimate of drug-likeness (QED) is 0.0847. The second kappa shape index (κ2) is 17.0. The number of nitrogens with zero attached hydrogens (tertiary/aromatic N) is 1. The minimum atomic E-state index is -3.35. The molecule has 6 atom stereocenters. The standard InChI is InChI=1S/C32H35N2O11P/c1-20(35)41-29(27(24-14-8-5-9-15-24)34(33)25-16-10-6-11-17-25)31(43-22(3)37)30(42-21(2)36)28(39)32(44-23(4)38)46(40)45-26-18-12-7-13-19-26/h5-19,27-31,39H,33H2,1-4H3/t27?,28-,29-,30+,31+/m0/s1/i1D,2D,3D,4D. The Bertz CT molecular complexity index is 1590. The molecular weight excluding hydrogens is 619 g/mol. The number of hydrazine groups is 1. The third-order valence-electron chi connectivity index (χ3n) is 6.15. The lowest BCUT2D eigenvalue weighted by atomic mass is 9.91. The van der Waals surface area contributed by atoms with Gasteiger partial charge in [-0.05, 0) is 29.8 Å². The highest BCUT2D eigenvalue weighted by atomic mass is 31.1. The average Bonchev–Trinajstić information content (AvgIpc) is 3.15.